The second kappa shape index (κ2) is 7.93. The van der Waals surface area contributed by atoms with Crippen LogP contribution in [0.15, 0.2) is 30.3 Å². The van der Waals surface area contributed by atoms with Crippen molar-refractivity contribution in [2.24, 2.45) is 11.7 Å². The summed E-state index contributed by atoms with van der Waals surface area (Å²) in [6, 6.07) is 10.6. The Labute approximate surface area is 140 Å². The first-order chi connectivity index (χ1) is 10.9. The Morgan fingerprint density at radius 2 is 1.91 bits per heavy atom. The van der Waals surface area contributed by atoms with Crippen molar-refractivity contribution < 1.29 is 4.79 Å². The summed E-state index contributed by atoms with van der Waals surface area (Å²) in [5.74, 6) is 0.811. The van der Waals surface area contributed by atoms with E-state index in [1.54, 1.807) is 0 Å². The summed E-state index contributed by atoms with van der Waals surface area (Å²) in [5, 5.41) is 3.05. The molecule has 1 fully saturated rings. The van der Waals surface area contributed by atoms with Gasteiger partial charge in [-0.05, 0) is 64.6 Å². The van der Waals surface area contributed by atoms with Gasteiger partial charge in [0, 0.05) is 12.1 Å². The van der Waals surface area contributed by atoms with Crippen LogP contribution in [-0.4, -0.2) is 42.0 Å². The largest absolute Gasteiger partial charge is 0.349 e. The molecule has 23 heavy (non-hydrogen) atoms. The zero-order valence-electron chi connectivity index (χ0n) is 14.7. The Balaban J connectivity index is 1.80. The quantitative estimate of drug-likeness (QED) is 0.845. The Bertz CT molecular complexity index is 493. The molecule has 128 valence electrons. The molecule has 1 unspecified atom stereocenters. The lowest BCUT2D eigenvalue weighted by atomic mass is 9.89. The first-order valence-electron chi connectivity index (χ1n) is 8.71. The standard InChI is InChI=1S/C19H31N3O/c1-15(18(23)21-19(2,3)14-20)22-11-9-17(10-12-22)13-16-7-5-4-6-8-16/h4-8,15,17H,9-14,20H2,1-3H3,(H,21,23). The highest BCUT2D eigenvalue weighted by molar-refractivity contribution is 5.82. The molecule has 4 nitrogen and oxygen atoms in total. The van der Waals surface area contributed by atoms with Gasteiger partial charge in [-0.25, -0.2) is 0 Å². The molecule has 1 saturated heterocycles. The lowest BCUT2D eigenvalue weighted by Gasteiger charge is -2.37. The van der Waals surface area contributed by atoms with Crippen LogP contribution in [0.4, 0.5) is 0 Å². The van der Waals surface area contributed by atoms with E-state index in [-0.39, 0.29) is 17.5 Å². The van der Waals surface area contributed by atoms with Gasteiger partial charge in [-0.15, -0.1) is 0 Å². The number of carbonyl (C=O) groups is 1. The maximum Gasteiger partial charge on any atom is 0.237 e. The SMILES string of the molecule is CC(C(=O)NC(C)(C)CN)N1CCC(Cc2ccccc2)CC1. The Kier molecular flexibility index (Phi) is 6.19. The van der Waals surface area contributed by atoms with Crippen molar-refractivity contribution in [3.8, 4) is 0 Å². The molecule has 1 atom stereocenters. The Morgan fingerprint density at radius 3 is 2.48 bits per heavy atom. The van der Waals surface area contributed by atoms with Gasteiger partial charge in [0.1, 0.15) is 0 Å². The molecule has 0 saturated carbocycles. The van der Waals surface area contributed by atoms with Crippen LogP contribution in [0.5, 0.6) is 0 Å². The Morgan fingerprint density at radius 1 is 1.30 bits per heavy atom. The highest BCUT2D eigenvalue weighted by Crippen LogP contribution is 2.23. The summed E-state index contributed by atoms with van der Waals surface area (Å²) in [4.78, 5) is 14.7. The van der Waals surface area contributed by atoms with E-state index in [1.165, 1.54) is 5.56 Å². The molecule has 1 aromatic rings. The number of amides is 1. The van der Waals surface area contributed by atoms with Crippen LogP contribution in [-0.2, 0) is 11.2 Å². The summed E-state index contributed by atoms with van der Waals surface area (Å²) in [6.45, 7) is 8.36. The minimum absolute atomic E-state index is 0.0847. The molecule has 0 aromatic heterocycles. The fourth-order valence-corrected chi connectivity index (χ4v) is 3.15. The zero-order valence-corrected chi connectivity index (χ0v) is 14.7. The van der Waals surface area contributed by atoms with Gasteiger partial charge in [-0.2, -0.15) is 0 Å². The second-order valence-electron chi connectivity index (χ2n) is 7.42. The number of likely N-dealkylation sites (tertiary alicyclic amines) is 1. The first-order valence-corrected chi connectivity index (χ1v) is 8.71. The van der Waals surface area contributed by atoms with Gasteiger partial charge in [0.15, 0.2) is 0 Å². The smallest absolute Gasteiger partial charge is 0.237 e. The van der Waals surface area contributed by atoms with Crippen molar-refractivity contribution in [2.75, 3.05) is 19.6 Å². The third-order valence-corrected chi connectivity index (χ3v) is 4.92. The van der Waals surface area contributed by atoms with Crippen molar-refractivity contribution >= 4 is 5.91 Å². The van der Waals surface area contributed by atoms with E-state index < -0.39 is 0 Å². The molecule has 0 bridgehead atoms. The van der Waals surface area contributed by atoms with Crippen LogP contribution < -0.4 is 11.1 Å². The van der Waals surface area contributed by atoms with E-state index in [9.17, 15) is 4.79 Å². The summed E-state index contributed by atoms with van der Waals surface area (Å²) in [6.07, 6.45) is 3.47. The molecule has 0 aliphatic carbocycles. The summed E-state index contributed by atoms with van der Waals surface area (Å²) < 4.78 is 0. The van der Waals surface area contributed by atoms with Crippen LogP contribution in [0.25, 0.3) is 0 Å². The predicted octanol–water partition coefficient (Wildman–Crippen LogP) is 2.18. The number of benzene rings is 1. The van der Waals surface area contributed by atoms with E-state index in [0.717, 1.165) is 38.3 Å². The molecule has 0 radical (unpaired) electrons. The first kappa shape index (κ1) is 18.0. The molecular formula is C19H31N3O. The molecule has 1 aliphatic heterocycles. The molecule has 4 heteroatoms. The van der Waals surface area contributed by atoms with Gasteiger partial charge in [-0.3, -0.25) is 9.69 Å². The summed E-state index contributed by atoms with van der Waals surface area (Å²) in [7, 11) is 0. The van der Waals surface area contributed by atoms with Crippen molar-refractivity contribution in [2.45, 2.75) is 51.6 Å². The average Bonchev–Trinajstić information content (AvgIpc) is 2.55. The molecule has 1 aliphatic rings. The van der Waals surface area contributed by atoms with E-state index >= 15 is 0 Å². The van der Waals surface area contributed by atoms with Crippen LogP contribution in [0.1, 0.15) is 39.2 Å². The average molecular weight is 317 g/mol. The maximum absolute atomic E-state index is 12.4. The topological polar surface area (TPSA) is 58.4 Å². The molecule has 1 heterocycles. The number of nitrogens with zero attached hydrogens (tertiary/aromatic N) is 1. The molecule has 1 aromatic carbocycles. The van der Waals surface area contributed by atoms with Crippen LogP contribution in [0.2, 0.25) is 0 Å². The molecule has 0 spiro atoms. The molecule has 2 rings (SSSR count). The normalized spacial score (nSPS) is 18.6. The van der Waals surface area contributed by atoms with Gasteiger partial charge in [0.2, 0.25) is 5.91 Å². The van der Waals surface area contributed by atoms with E-state index in [4.69, 9.17) is 5.73 Å². The summed E-state index contributed by atoms with van der Waals surface area (Å²) in [5.41, 5.74) is 6.78. The van der Waals surface area contributed by atoms with E-state index in [2.05, 4.69) is 40.5 Å². The van der Waals surface area contributed by atoms with Crippen LogP contribution in [0, 0.1) is 5.92 Å². The van der Waals surface area contributed by atoms with E-state index in [0.29, 0.717) is 6.54 Å². The lowest BCUT2D eigenvalue weighted by Crippen LogP contribution is -2.56. The zero-order chi connectivity index (χ0) is 16.9. The lowest BCUT2D eigenvalue weighted by molar-refractivity contribution is -0.128. The number of hydrogen-bond donors (Lipinski definition) is 2. The minimum Gasteiger partial charge on any atom is -0.349 e. The van der Waals surface area contributed by atoms with Gasteiger partial charge < -0.3 is 11.1 Å². The number of hydrogen-bond acceptors (Lipinski definition) is 3. The van der Waals surface area contributed by atoms with E-state index in [1.807, 2.05) is 20.8 Å². The number of piperidine rings is 1. The van der Waals surface area contributed by atoms with Crippen molar-refractivity contribution in [3.63, 3.8) is 0 Å². The fourth-order valence-electron chi connectivity index (χ4n) is 3.15. The highest BCUT2D eigenvalue weighted by atomic mass is 16.2. The molecule has 3 N–H and O–H groups in total. The fraction of sp³-hybridized carbons (Fsp3) is 0.632. The third-order valence-electron chi connectivity index (χ3n) is 4.92. The van der Waals surface area contributed by atoms with Crippen LogP contribution in [0.3, 0.4) is 0 Å². The van der Waals surface area contributed by atoms with Crippen molar-refractivity contribution in [1.82, 2.24) is 10.2 Å². The van der Waals surface area contributed by atoms with Crippen LogP contribution >= 0.6 is 0 Å². The minimum atomic E-state index is -0.336. The monoisotopic (exact) mass is 317 g/mol. The van der Waals surface area contributed by atoms with Crippen molar-refractivity contribution in [3.05, 3.63) is 35.9 Å². The predicted molar refractivity (Wildman–Crippen MR) is 95.2 cm³/mol. The molecular weight excluding hydrogens is 286 g/mol. The maximum atomic E-state index is 12.4. The number of nitrogens with two attached hydrogens (primary N) is 1. The molecule has 1 amide bonds. The number of carbonyl (C=O) groups excluding carboxylic acids is 1. The van der Waals surface area contributed by atoms with Gasteiger partial charge in [-0.1, -0.05) is 30.3 Å². The number of nitrogens with one attached hydrogen (secondary N) is 1. The summed E-state index contributed by atoms with van der Waals surface area (Å²) >= 11 is 0. The second-order valence-corrected chi connectivity index (χ2v) is 7.42. The van der Waals surface area contributed by atoms with Gasteiger partial charge in [0.05, 0.1) is 6.04 Å². The van der Waals surface area contributed by atoms with Gasteiger partial charge in [0.25, 0.3) is 0 Å². The Hall–Kier alpha value is -1.39. The third kappa shape index (κ3) is 5.33. The van der Waals surface area contributed by atoms with Gasteiger partial charge >= 0.3 is 0 Å². The highest BCUT2D eigenvalue weighted by Gasteiger charge is 2.29. The number of rotatable bonds is 6. The van der Waals surface area contributed by atoms with Crippen molar-refractivity contribution in [1.29, 1.82) is 0 Å².